The molecule has 3 aliphatic rings. The third-order valence-electron chi connectivity index (χ3n) is 5.61. The fraction of sp³-hybridized carbons (Fsp3) is 0.778. The van der Waals surface area contributed by atoms with E-state index in [1.165, 1.54) is 12.8 Å². The number of hydrogen-bond acceptors (Lipinski definition) is 4. The van der Waals surface area contributed by atoms with Crippen LogP contribution in [0, 0.1) is 5.92 Å². The van der Waals surface area contributed by atoms with Gasteiger partial charge in [-0.05, 0) is 38.5 Å². The Morgan fingerprint density at radius 2 is 2.08 bits per heavy atom. The molecule has 0 unspecified atom stereocenters. The van der Waals surface area contributed by atoms with Crippen LogP contribution in [0.5, 0.6) is 0 Å². The molecule has 132 valence electrons. The minimum atomic E-state index is 0.103. The molecule has 1 aromatic heterocycles. The Kier molecular flexibility index (Phi) is 4.59. The third-order valence-corrected chi connectivity index (χ3v) is 5.61. The van der Waals surface area contributed by atoms with E-state index in [0.717, 1.165) is 63.1 Å². The fourth-order valence-corrected chi connectivity index (χ4v) is 3.97. The SMILES string of the molecule is C[C@@H]1c2nc(CC(=O)NCC3CC3)cn2CCN1C1CCOCC1. The normalized spacial score (nSPS) is 25.5. The van der Waals surface area contributed by atoms with Crippen LogP contribution in [0.3, 0.4) is 0 Å². The second-order valence-electron chi connectivity index (χ2n) is 7.47. The molecule has 0 radical (unpaired) electrons. The molecular formula is C18H28N4O2. The number of ether oxygens (including phenoxy) is 1. The summed E-state index contributed by atoms with van der Waals surface area (Å²) in [5.74, 6) is 1.93. The molecule has 1 N–H and O–H groups in total. The second-order valence-corrected chi connectivity index (χ2v) is 7.47. The van der Waals surface area contributed by atoms with Gasteiger partial charge in [0.05, 0.1) is 18.2 Å². The highest BCUT2D eigenvalue weighted by Crippen LogP contribution is 2.30. The van der Waals surface area contributed by atoms with Crippen LogP contribution in [0.15, 0.2) is 6.20 Å². The van der Waals surface area contributed by atoms with Gasteiger partial charge in [-0.3, -0.25) is 9.69 Å². The van der Waals surface area contributed by atoms with E-state index in [4.69, 9.17) is 9.72 Å². The van der Waals surface area contributed by atoms with Crippen LogP contribution in [0.2, 0.25) is 0 Å². The molecular weight excluding hydrogens is 304 g/mol. The van der Waals surface area contributed by atoms with Crippen LogP contribution >= 0.6 is 0 Å². The van der Waals surface area contributed by atoms with Gasteiger partial charge >= 0.3 is 0 Å². The van der Waals surface area contributed by atoms with Gasteiger partial charge in [0.1, 0.15) is 5.82 Å². The van der Waals surface area contributed by atoms with Crippen LogP contribution < -0.4 is 5.32 Å². The van der Waals surface area contributed by atoms with Crippen molar-refractivity contribution in [3.05, 3.63) is 17.7 Å². The quantitative estimate of drug-likeness (QED) is 0.888. The van der Waals surface area contributed by atoms with Gasteiger partial charge in [-0.2, -0.15) is 0 Å². The molecule has 4 rings (SSSR count). The van der Waals surface area contributed by atoms with Crippen molar-refractivity contribution >= 4 is 5.91 Å². The van der Waals surface area contributed by atoms with Crippen LogP contribution in [0.4, 0.5) is 0 Å². The van der Waals surface area contributed by atoms with Crippen molar-refractivity contribution in [1.82, 2.24) is 19.8 Å². The van der Waals surface area contributed by atoms with E-state index in [9.17, 15) is 4.79 Å². The molecule has 3 heterocycles. The van der Waals surface area contributed by atoms with E-state index in [1.54, 1.807) is 0 Å². The molecule has 2 aliphatic heterocycles. The van der Waals surface area contributed by atoms with E-state index in [-0.39, 0.29) is 5.91 Å². The zero-order valence-electron chi connectivity index (χ0n) is 14.5. The molecule has 0 bridgehead atoms. The Morgan fingerprint density at radius 3 is 2.83 bits per heavy atom. The maximum absolute atomic E-state index is 12.1. The molecule has 0 aromatic carbocycles. The van der Waals surface area contributed by atoms with Crippen molar-refractivity contribution in [1.29, 1.82) is 0 Å². The van der Waals surface area contributed by atoms with Crippen LogP contribution in [0.25, 0.3) is 0 Å². The van der Waals surface area contributed by atoms with Crippen molar-refractivity contribution in [2.45, 2.75) is 57.7 Å². The second kappa shape index (κ2) is 6.84. The van der Waals surface area contributed by atoms with Crippen molar-refractivity contribution < 1.29 is 9.53 Å². The molecule has 6 nitrogen and oxygen atoms in total. The predicted molar refractivity (Wildman–Crippen MR) is 90.6 cm³/mol. The first-order valence-electron chi connectivity index (χ1n) is 9.37. The Labute approximate surface area is 143 Å². The Balaban J connectivity index is 1.39. The van der Waals surface area contributed by atoms with Gasteiger partial charge in [0, 0.05) is 45.1 Å². The van der Waals surface area contributed by atoms with Crippen LogP contribution in [-0.4, -0.2) is 52.7 Å². The fourth-order valence-electron chi connectivity index (χ4n) is 3.97. The molecule has 1 saturated heterocycles. The number of rotatable bonds is 5. The summed E-state index contributed by atoms with van der Waals surface area (Å²) < 4.78 is 7.74. The minimum absolute atomic E-state index is 0.103. The molecule has 24 heavy (non-hydrogen) atoms. The van der Waals surface area contributed by atoms with Gasteiger partial charge in [0.15, 0.2) is 0 Å². The molecule has 0 spiro atoms. The van der Waals surface area contributed by atoms with Gasteiger partial charge in [0.2, 0.25) is 5.91 Å². The highest BCUT2D eigenvalue weighted by Gasteiger charge is 2.32. The van der Waals surface area contributed by atoms with Gasteiger partial charge in [-0.25, -0.2) is 4.98 Å². The number of carbonyl (C=O) groups excluding carboxylic acids is 1. The van der Waals surface area contributed by atoms with Crippen LogP contribution in [0.1, 0.15) is 50.2 Å². The van der Waals surface area contributed by atoms with E-state index in [1.807, 2.05) is 0 Å². The summed E-state index contributed by atoms with van der Waals surface area (Å²) in [6, 6.07) is 0.912. The lowest BCUT2D eigenvalue weighted by atomic mass is 10.0. The standard InChI is InChI=1S/C18H28N4O2/c1-13-18-20-15(10-17(23)19-11-14-2-3-14)12-21(18)6-7-22(13)16-4-8-24-9-5-16/h12-14,16H,2-11H2,1H3,(H,19,23)/t13-/m1/s1. The smallest absolute Gasteiger partial charge is 0.226 e. The summed E-state index contributed by atoms with van der Waals surface area (Å²) in [5.41, 5.74) is 0.902. The highest BCUT2D eigenvalue weighted by atomic mass is 16.5. The molecule has 1 saturated carbocycles. The Morgan fingerprint density at radius 1 is 1.29 bits per heavy atom. The number of carbonyl (C=O) groups is 1. The number of aromatic nitrogens is 2. The monoisotopic (exact) mass is 332 g/mol. The van der Waals surface area contributed by atoms with E-state index < -0.39 is 0 Å². The number of imidazole rings is 1. The largest absolute Gasteiger partial charge is 0.381 e. The summed E-state index contributed by atoms with van der Waals surface area (Å²) in [6.45, 7) is 6.84. The highest BCUT2D eigenvalue weighted by molar-refractivity contribution is 5.78. The lowest BCUT2D eigenvalue weighted by Crippen LogP contribution is -2.45. The van der Waals surface area contributed by atoms with E-state index in [2.05, 4.69) is 27.9 Å². The maximum Gasteiger partial charge on any atom is 0.226 e. The van der Waals surface area contributed by atoms with Crippen LogP contribution in [-0.2, 0) is 22.5 Å². The van der Waals surface area contributed by atoms with Crippen molar-refractivity contribution in [2.75, 3.05) is 26.3 Å². The summed E-state index contributed by atoms with van der Waals surface area (Å²) in [6.07, 6.45) is 7.22. The predicted octanol–water partition coefficient (Wildman–Crippen LogP) is 1.51. The number of nitrogens with one attached hydrogen (secondary N) is 1. The van der Waals surface area contributed by atoms with Gasteiger partial charge < -0.3 is 14.6 Å². The summed E-state index contributed by atoms with van der Waals surface area (Å²) in [7, 11) is 0. The van der Waals surface area contributed by atoms with E-state index in [0.29, 0.717) is 18.5 Å². The molecule has 1 aliphatic carbocycles. The lowest BCUT2D eigenvalue weighted by Gasteiger charge is -2.41. The summed E-state index contributed by atoms with van der Waals surface area (Å²) in [5, 5.41) is 3.03. The summed E-state index contributed by atoms with van der Waals surface area (Å²) in [4.78, 5) is 19.4. The first kappa shape index (κ1) is 16.1. The maximum atomic E-state index is 12.1. The average molecular weight is 332 g/mol. The zero-order chi connectivity index (χ0) is 16.5. The first-order valence-corrected chi connectivity index (χ1v) is 9.37. The van der Waals surface area contributed by atoms with Gasteiger partial charge in [-0.1, -0.05) is 0 Å². The number of hydrogen-bond donors (Lipinski definition) is 1. The molecule has 1 aromatic rings. The molecule has 2 fully saturated rings. The third kappa shape index (κ3) is 3.49. The van der Waals surface area contributed by atoms with Crippen molar-refractivity contribution in [2.24, 2.45) is 5.92 Å². The lowest BCUT2D eigenvalue weighted by molar-refractivity contribution is -0.120. The average Bonchev–Trinajstić information content (AvgIpc) is 3.33. The van der Waals surface area contributed by atoms with Crippen molar-refractivity contribution in [3.8, 4) is 0 Å². The topological polar surface area (TPSA) is 59.4 Å². The molecule has 1 atom stereocenters. The Hall–Kier alpha value is -1.40. The Bertz CT molecular complexity index is 590. The minimum Gasteiger partial charge on any atom is -0.381 e. The molecule has 6 heteroatoms. The number of nitrogens with zero attached hydrogens (tertiary/aromatic N) is 3. The molecule has 1 amide bonds. The van der Waals surface area contributed by atoms with Crippen molar-refractivity contribution in [3.63, 3.8) is 0 Å². The van der Waals surface area contributed by atoms with E-state index >= 15 is 0 Å². The summed E-state index contributed by atoms with van der Waals surface area (Å²) >= 11 is 0. The van der Waals surface area contributed by atoms with Gasteiger partial charge in [0.25, 0.3) is 0 Å². The number of amides is 1. The van der Waals surface area contributed by atoms with Gasteiger partial charge in [-0.15, -0.1) is 0 Å². The number of fused-ring (bicyclic) bond motifs is 1. The zero-order valence-corrected chi connectivity index (χ0v) is 14.5. The first-order chi connectivity index (χ1) is 11.7.